The molecule has 2 aliphatic rings. The van der Waals surface area contributed by atoms with E-state index in [1.165, 1.54) is 19.2 Å². The van der Waals surface area contributed by atoms with Gasteiger partial charge in [-0.05, 0) is 11.1 Å². The molecule has 2 heterocycles. The van der Waals surface area contributed by atoms with Crippen LogP contribution in [0.3, 0.4) is 0 Å². The smallest absolute Gasteiger partial charge is 0.312 e. The van der Waals surface area contributed by atoms with Crippen molar-refractivity contribution in [2.75, 3.05) is 14.2 Å². The number of esters is 2. The van der Waals surface area contributed by atoms with Gasteiger partial charge in [-0.3, -0.25) is 9.59 Å². The fourth-order valence-electron chi connectivity index (χ4n) is 3.54. The molecule has 4 atom stereocenters. The first-order valence-corrected chi connectivity index (χ1v) is 6.51. The summed E-state index contributed by atoms with van der Waals surface area (Å²) in [5, 5.41) is 4.30. The molecule has 0 aromatic heterocycles. The van der Waals surface area contributed by atoms with Crippen LogP contribution in [0.15, 0.2) is 29.6 Å². The van der Waals surface area contributed by atoms with Crippen molar-refractivity contribution < 1.29 is 19.1 Å². The monoisotopic (exact) mass is 290 g/mol. The molecule has 110 valence electrons. The molecular weight excluding hydrogens is 276 g/mol. The fourth-order valence-corrected chi connectivity index (χ4v) is 3.54. The van der Waals surface area contributed by atoms with Gasteiger partial charge in [0.1, 0.15) is 0 Å². The molecule has 1 aromatic rings. The number of nitroso groups, excluding NO2 is 1. The maximum absolute atomic E-state index is 12.1. The van der Waals surface area contributed by atoms with Crippen LogP contribution in [0.2, 0.25) is 0 Å². The van der Waals surface area contributed by atoms with Gasteiger partial charge in [-0.2, -0.15) is 0 Å². The molecule has 0 saturated carbocycles. The number of nitrogens with zero attached hydrogens (tertiary/aromatic N) is 2. The van der Waals surface area contributed by atoms with Gasteiger partial charge in [0.05, 0.1) is 43.4 Å². The van der Waals surface area contributed by atoms with Crippen LogP contribution in [-0.2, 0) is 19.1 Å². The predicted octanol–water partition coefficient (Wildman–Crippen LogP) is 1.36. The zero-order valence-corrected chi connectivity index (χ0v) is 11.6. The summed E-state index contributed by atoms with van der Waals surface area (Å²) in [5.41, 5.74) is 1.66. The highest BCUT2D eigenvalue weighted by Gasteiger charge is 2.63. The lowest BCUT2D eigenvalue weighted by Gasteiger charge is -2.26. The zero-order chi connectivity index (χ0) is 15.1. The lowest BCUT2D eigenvalue weighted by molar-refractivity contribution is -0.157. The second-order valence-corrected chi connectivity index (χ2v) is 5.08. The van der Waals surface area contributed by atoms with Crippen LogP contribution in [-0.4, -0.2) is 31.2 Å². The predicted molar refractivity (Wildman–Crippen MR) is 70.6 cm³/mol. The van der Waals surface area contributed by atoms with Crippen molar-refractivity contribution in [1.29, 1.82) is 0 Å². The number of rotatable bonds is 3. The van der Waals surface area contributed by atoms with Gasteiger partial charge in [0.2, 0.25) is 0 Å². The Hall–Kier alpha value is -2.44. The Bertz CT molecular complexity index is 568. The largest absolute Gasteiger partial charge is 0.469 e. The van der Waals surface area contributed by atoms with Crippen LogP contribution in [0.25, 0.3) is 0 Å². The Morgan fingerprint density at radius 2 is 1.43 bits per heavy atom. The number of fused-ring (bicyclic) bond motifs is 5. The second-order valence-electron chi connectivity index (χ2n) is 5.08. The summed E-state index contributed by atoms with van der Waals surface area (Å²) < 4.78 is 9.60. The molecule has 0 spiro atoms. The topological polar surface area (TPSA) is 85.3 Å². The van der Waals surface area contributed by atoms with Crippen LogP contribution in [0, 0.1) is 16.7 Å². The van der Waals surface area contributed by atoms with E-state index in [1.54, 1.807) is 0 Å². The molecule has 0 amide bonds. The number of carbonyl (C=O) groups excluding carboxylic acids is 2. The average molecular weight is 290 g/mol. The van der Waals surface area contributed by atoms with Gasteiger partial charge < -0.3 is 9.47 Å². The van der Waals surface area contributed by atoms with Crippen molar-refractivity contribution >= 4 is 11.9 Å². The molecule has 2 aliphatic heterocycles. The normalized spacial score (nSPS) is 29.0. The van der Waals surface area contributed by atoms with E-state index in [-0.39, 0.29) is 0 Å². The van der Waals surface area contributed by atoms with E-state index in [9.17, 15) is 14.5 Å². The second kappa shape index (κ2) is 4.83. The first kappa shape index (κ1) is 13.5. The SMILES string of the molecule is COC(=O)[C@@H]1[C@H](C(=O)OC)[C@@H]2c3ccccc3[C@H]1N2N=O. The molecule has 0 radical (unpaired) electrons. The summed E-state index contributed by atoms with van der Waals surface area (Å²) in [4.78, 5) is 35.4. The summed E-state index contributed by atoms with van der Waals surface area (Å²) in [5.74, 6) is -2.66. The Balaban J connectivity index is 2.16. The molecule has 1 fully saturated rings. The van der Waals surface area contributed by atoms with Gasteiger partial charge in [0.25, 0.3) is 0 Å². The first-order chi connectivity index (χ1) is 10.2. The molecule has 1 saturated heterocycles. The number of hydrogen-bond acceptors (Lipinski definition) is 6. The zero-order valence-electron chi connectivity index (χ0n) is 11.6. The number of ether oxygens (including phenoxy) is 2. The number of methoxy groups -OCH3 is 2. The van der Waals surface area contributed by atoms with Crippen LogP contribution in [0.1, 0.15) is 23.2 Å². The van der Waals surface area contributed by atoms with Gasteiger partial charge in [-0.25, -0.2) is 5.01 Å². The summed E-state index contributed by atoms with van der Waals surface area (Å²) in [7, 11) is 2.51. The van der Waals surface area contributed by atoms with Crippen molar-refractivity contribution in [2.45, 2.75) is 12.1 Å². The minimum atomic E-state index is -0.792. The standard InChI is InChI=1S/C14H14N2O5/c1-20-13(17)9-10(14(18)21-2)12-8-6-4-3-5-7(8)11(9)16(12)15-19/h3-6,9-12H,1-2H3/t9-,10+,11-,12+. The molecule has 21 heavy (non-hydrogen) atoms. The van der Waals surface area contributed by atoms with Crippen LogP contribution in [0.4, 0.5) is 0 Å². The molecule has 2 bridgehead atoms. The molecule has 0 N–H and O–H groups in total. The summed E-state index contributed by atoms with van der Waals surface area (Å²) in [6.45, 7) is 0. The van der Waals surface area contributed by atoms with E-state index in [0.717, 1.165) is 11.1 Å². The van der Waals surface area contributed by atoms with E-state index in [4.69, 9.17) is 9.47 Å². The van der Waals surface area contributed by atoms with Gasteiger partial charge in [-0.15, -0.1) is 4.91 Å². The first-order valence-electron chi connectivity index (χ1n) is 6.51. The molecule has 1 aromatic carbocycles. The Kier molecular flexibility index (Phi) is 3.12. The number of hydrogen-bond donors (Lipinski definition) is 0. The minimum Gasteiger partial charge on any atom is -0.469 e. The minimum absolute atomic E-state index is 0.541. The van der Waals surface area contributed by atoms with E-state index in [1.807, 2.05) is 24.3 Å². The van der Waals surface area contributed by atoms with Crippen LogP contribution in [0.5, 0.6) is 0 Å². The molecule has 0 aliphatic carbocycles. The molecule has 3 rings (SSSR count). The molecule has 7 heteroatoms. The third-order valence-corrected chi connectivity index (χ3v) is 4.31. The Morgan fingerprint density at radius 1 is 1.00 bits per heavy atom. The van der Waals surface area contributed by atoms with E-state index >= 15 is 0 Å². The summed E-state index contributed by atoms with van der Waals surface area (Å²) in [6, 6.07) is 6.15. The van der Waals surface area contributed by atoms with Crippen molar-refractivity contribution in [1.82, 2.24) is 5.01 Å². The third kappa shape index (κ3) is 1.66. The van der Waals surface area contributed by atoms with Gasteiger partial charge in [0, 0.05) is 0 Å². The van der Waals surface area contributed by atoms with Gasteiger partial charge in [-0.1, -0.05) is 24.3 Å². The fraction of sp³-hybridized carbons (Fsp3) is 0.429. The summed E-state index contributed by atoms with van der Waals surface area (Å²) >= 11 is 0. The Labute approximate surface area is 120 Å². The Morgan fingerprint density at radius 3 is 1.76 bits per heavy atom. The highest BCUT2D eigenvalue weighted by molar-refractivity contribution is 5.85. The highest BCUT2D eigenvalue weighted by Crippen LogP contribution is 2.59. The number of carbonyl (C=O) groups is 2. The van der Waals surface area contributed by atoms with Crippen LogP contribution < -0.4 is 0 Å². The summed E-state index contributed by atoms with van der Waals surface area (Å²) in [6.07, 6.45) is 0. The highest BCUT2D eigenvalue weighted by atomic mass is 16.5. The van der Waals surface area contributed by atoms with Crippen molar-refractivity contribution in [3.8, 4) is 0 Å². The van der Waals surface area contributed by atoms with E-state index in [2.05, 4.69) is 5.29 Å². The third-order valence-electron chi connectivity index (χ3n) is 4.31. The van der Waals surface area contributed by atoms with E-state index < -0.39 is 35.9 Å². The molecule has 7 nitrogen and oxygen atoms in total. The van der Waals surface area contributed by atoms with Gasteiger partial charge in [0.15, 0.2) is 0 Å². The quantitative estimate of drug-likeness (QED) is 0.617. The van der Waals surface area contributed by atoms with E-state index in [0.29, 0.717) is 0 Å². The lowest BCUT2D eigenvalue weighted by atomic mass is 9.76. The lowest BCUT2D eigenvalue weighted by Crippen LogP contribution is -2.35. The van der Waals surface area contributed by atoms with Gasteiger partial charge >= 0.3 is 11.9 Å². The van der Waals surface area contributed by atoms with Crippen molar-refractivity contribution in [3.05, 3.63) is 40.3 Å². The van der Waals surface area contributed by atoms with Crippen LogP contribution >= 0.6 is 0 Å². The maximum Gasteiger partial charge on any atom is 0.312 e. The number of benzene rings is 1. The average Bonchev–Trinajstić information content (AvgIpc) is 3.03. The van der Waals surface area contributed by atoms with Crippen molar-refractivity contribution in [2.24, 2.45) is 17.1 Å². The molecular formula is C14H14N2O5. The molecule has 0 unspecified atom stereocenters. The maximum atomic E-state index is 12.1. The van der Waals surface area contributed by atoms with Crippen molar-refractivity contribution in [3.63, 3.8) is 0 Å².